The molecule has 1 N–H and O–H groups in total. The van der Waals surface area contributed by atoms with E-state index >= 15 is 0 Å². The van der Waals surface area contributed by atoms with Crippen molar-refractivity contribution in [1.82, 2.24) is 19.8 Å². The fourth-order valence-electron chi connectivity index (χ4n) is 10.6. The highest BCUT2D eigenvalue weighted by Crippen LogP contribution is 2.41. The number of carbonyl (C=O) groups is 2. The molecule has 4 atom stereocenters. The van der Waals surface area contributed by atoms with Gasteiger partial charge >= 0.3 is 24.5 Å². The Kier molecular flexibility index (Phi) is 16.5. The minimum Gasteiger partial charge on any atom is -0.506 e. The lowest BCUT2D eigenvalue weighted by Gasteiger charge is -2.36. The van der Waals surface area contributed by atoms with Crippen molar-refractivity contribution in [1.29, 1.82) is 0 Å². The fourth-order valence-corrected chi connectivity index (χ4v) is 11.0. The fraction of sp³-hybridized carbons (Fsp3) is 0.538. The van der Waals surface area contributed by atoms with Crippen LogP contribution in [0, 0.1) is 13.8 Å². The molecule has 2 saturated heterocycles. The average Bonchev–Trinajstić information content (AvgIpc) is 3.76. The van der Waals surface area contributed by atoms with Crippen LogP contribution in [0.15, 0.2) is 65.4 Å². The van der Waals surface area contributed by atoms with E-state index in [0.29, 0.717) is 39.9 Å². The third-order valence-electron chi connectivity index (χ3n) is 14.1. The number of benzene rings is 2. The highest BCUT2D eigenvalue weighted by Gasteiger charge is 2.43. The first-order valence-corrected chi connectivity index (χ1v) is 25.1. The molecule has 18 heteroatoms. The number of anilines is 2. The Morgan fingerprint density at radius 3 is 1.43 bits per heavy atom. The summed E-state index contributed by atoms with van der Waals surface area (Å²) < 4.78 is 92.2. The summed E-state index contributed by atoms with van der Waals surface area (Å²) in [6.07, 6.45) is 2.99. The zero-order valence-corrected chi connectivity index (χ0v) is 42.1. The SMILES string of the molecule is CCN(c1ncc(Br)cc1CN1C(=O)O[C@H](c2cc(C)cc(C(F)(F)F)c2)[C@@H]1C)C1CCCCC1.CCN(c1ncc(O)cc1CN1C(=O)O[C@H](c2cc(C)cc(C(F)(F)F)c2)[C@@H]1C)C1CCCCC1. The minimum atomic E-state index is -4.49. The number of rotatable bonds is 12. The van der Waals surface area contributed by atoms with Gasteiger partial charge in [0.2, 0.25) is 0 Å². The molecule has 4 aromatic rings. The van der Waals surface area contributed by atoms with Gasteiger partial charge in [-0.2, -0.15) is 26.3 Å². The van der Waals surface area contributed by atoms with Gasteiger partial charge in [0.1, 0.15) is 29.6 Å². The first kappa shape index (κ1) is 52.6. The van der Waals surface area contributed by atoms with E-state index < -0.39 is 60.0 Å². The van der Waals surface area contributed by atoms with Crippen molar-refractivity contribution in [2.75, 3.05) is 22.9 Å². The summed E-state index contributed by atoms with van der Waals surface area (Å²) in [6.45, 7) is 12.9. The largest absolute Gasteiger partial charge is 0.506 e. The van der Waals surface area contributed by atoms with Gasteiger partial charge in [0, 0.05) is 47.0 Å². The summed E-state index contributed by atoms with van der Waals surface area (Å²) >= 11 is 3.50. The van der Waals surface area contributed by atoms with Gasteiger partial charge in [-0.1, -0.05) is 61.8 Å². The number of carbonyl (C=O) groups excluding carboxylic acids is 2. The number of cyclic esters (lactones) is 2. The molecule has 2 amide bonds. The maximum absolute atomic E-state index is 13.4. The topological polar surface area (TPSA) is 112 Å². The molecule has 4 fully saturated rings. The Labute approximate surface area is 414 Å². The van der Waals surface area contributed by atoms with Crippen molar-refractivity contribution in [3.8, 4) is 5.75 Å². The maximum atomic E-state index is 13.4. The van der Waals surface area contributed by atoms with E-state index in [-0.39, 0.29) is 18.8 Å². The molecule has 2 aromatic heterocycles. The molecular formula is C52H63BrF6N6O5. The number of ether oxygens (including phenoxy) is 2. The lowest BCUT2D eigenvalue weighted by Crippen LogP contribution is -2.39. The van der Waals surface area contributed by atoms with Crippen molar-refractivity contribution >= 4 is 39.8 Å². The maximum Gasteiger partial charge on any atom is 0.416 e. The standard InChI is InChI=1S/C26H31BrF3N3O2.C26H32F3N3O3/c1-4-32(22-8-6-5-7-9-22)24-19(13-21(27)14-31-24)15-33-17(3)23(35-25(33)34)18-10-16(2)11-20(12-18)26(28,29)30;1-4-31(21-8-6-5-7-9-21)24-19(13-22(33)14-30-24)15-32-17(3)23(35-25(32)34)18-10-16(2)11-20(12-18)26(27,28)29/h10-14,17,22-23H,4-9,15H2,1-3H3;10-14,17,21,23,33H,4-9,15H2,1-3H3/t2*17-,23-/m00/s1. The lowest BCUT2D eigenvalue weighted by atomic mass is 9.94. The van der Waals surface area contributed by atoms with Crippen molar-refractivity contribution in [2.24, 2.45) is 0 Å². The van der Waals surface area contributed by atoms with E-state index in [9.17, 15) is 41.0 Å². The monoisotopic (exact) mass is 1040 g/mol. The van der Waals surface area contributed by atoms with Gasteiger partial charge in [-0.05, 0) is 131 Å². The van der Waals surface area contributed by atoms with Crippen molar-refractivity contribution in [3.63, 3.8) is 0 Å². The van der Waals surface area contributed by atoms with Gasteiger partial charge in [0.05, 0.1) is 42.5 Å². The number of aromatic hydroxyl groups is 1. The van der Waals surface area contributed by atoms with Crippen LogP contribution in [-0.2, 0) is 34.9 Å². The molecular weight excluding hydrogens is 983 g/mol. The average molecular weight is 1050 g/mol. The Morgan fingerprint density at radius 2 is 1.03 bits per heavy atom. The van der Waals surface area contributed by atoms with Crippen LogP contribution in [-0.4, -0.2) is 74.3 Å². The molecule has 2 aliphatic carbocycles. The van der Waals surface area contributed by atoms with E-state index in [1.54, 1.807) is 50.1 Å². The van der Waals surface area contributed by atoms with Crippen molar-refractivity contribution in [3.05, 3.63) is 110 Å². The van der Waals surface area contributed by atoms with Gasteiger partial charge in [-0.25, -0.2) is 19.6 Å². The molecule has 8 rings (SSSR count). The smallest absolute Gasteiger partial charge is 0.416 e. The quantitative estimate of drug-likeness (QED) is 0.139. The zero-order valence-electron chi connectivity index (χ0n) is 40.5. The number of pyridine rings is 2. The Hall–Kier alpha value is -5.26. The van der Waals surface area contributed by atoms with Gasteiger partial charge in [0.25, 0.3) is 0 Å². The first-order chi connectivity index (χ1) is 33.2. The molecule has 2 aromatic carbocycles. The molecule has 11 nitrogen and oxygen atoms in total. The molecule has 0 unspecified atom stereocenters. The molecule has 0 radical (unpaired) electrons. The predicted octanol–water partition coefficient (Wildman–Crippen LogP) is 13.8. The lowest BCUT2D eigenvalue weighted by molar-refractivity contribution is -0.138. The van der Waals surface area contributed by atoms with Crippen molar-refractivity contribution in [2.45, 2.75) is 168 Å². The van der Waals surface area contributed by atoms with Gasteiger partial charge < -0.3 is 24.4 Å². The molecule has 0 bridgehead atoms. The summed E-state index contributed by atoms with van der Waals surface area (Å²) in [5.41, 5.74) is 1.65. The summed E-state index contributed by atoms with van der Waals surface area (Å²) in [5.74, 6) is 1.56. The van der Waals surface area contributed by atoms with Crippen LogP contribution in [0.2, 0.25) is 0 Å². The number of alkyl halides is 6. The summed E-state index contributed by atoms with van der Waals surface area (Å²) in [7, 11) is 0. The molecule has 380 valence electrons. The van der Waals surface area contributed by atoms with Crippen LogP contribution in [0.25, 0.3) is 0 Å². The molecule has 4 aliphatic rings. The van der Waals surface area contributed by atoms with Crippen LogP contribution in [0.5, 0.6) is 5.75 Å². The van der Waals surface area contributed by atoms with Gasteiger partial charge in [0.15, 0.2) is 0 Å². The predicted molar refractivity (Wildman–Crippen MR) is 258 cm³/mol. The second-order valence-corrected chi connectivity index (χ2v) is 20.0. The second-order valence-electron chi connectivity index (χ2n) is 19.1. The normalized spacial score (nSPS) is 21.3. The Balaban J connectivity index is 0.000000206. The highest BCUT2D eigenvalue weighted by molar-refractivity contribution is 9.10. The van der Waals surface area contributed by atoms with Crippen molar-refractivity contribution < 1.29 is 50.5 Å². The minimum absolute atomic E-state index is 0.00582. The molecule has 2 aliphatic heterocycles. The molecule has 0 spiro atoms. The van der Waals surface area contributed by atoms with Crippen LogP contribution >= 0.6 is 15.9 Å². The number of amides is 2. The van der Waals surface area contributed by atoms with E-state index in [4.69, 9.17) is 14.5 Å². The number of halogens is 7. The Morgan fingerprint density at radius 1 is 0.629 bits per heavy atom. The number of aromatic nitrogens is 2. The number of hydrogen-bond acceptors (Lipinski definition) is 9. The van der Waals surface area contributed by atoms with E-state index in [1.165, 1.54) is 36.8 Å². The third-order valence-corrected chi connectivity index (χ3v) is 14.5. The molecule has 4 heterocycles. The van der Waals surface area contributed by atoms with E-state index in [0.717, 1.165) is 97.6 Å². The van der Waals surface area contributed by atoms with Crippen LogP contribution in [0.4, 0.5) is 47.6 Å². The summed E-state index contributed by atoms with van der Waals surface area (Å²) in [6, 6.07) is 11.0. The van der Waals surface area contributed by atoms with Gasteiger partial charge in [-0.3, -0.25) is 9.80 Å². The van der Waals surface area contributed by atoms with Crippen LogP contribution in [0.3, 0.4) is 0 Å². The Bertz CT molecular complexity index is 2310. The first-order valence-electron chi connectivity index (χ1n) is 24.3. The van der Waals surface area contributed by atoms with E-state index in [2.05, 4.69) is 44.6 Å². The summed E-state index contributed by atoms with van der Waals surface area (Å²) in [5, 5.41) is 10.2. The highest BCUT2D eigenvalue weighted by atomic mass is 79.9. The second kappa shape index (κ2) is 22.0. The molecule has 2 saturated carbocycles. The molecule has 70 heavy (non-hydrogen) atoms. The van der Waals surface area contributed by atoms with E-state index in [1.807, 2.05) is 13.0 Å². The van der Waals surface area contributed by atoms with Gasteiger partial charge in [-0.15, -0.1) is 0 Å². The number of nitrogens with zero attached hydrogens (tertiary/aromatic N) is 6. The number of hydrogen-bond donors (Lipinski definition) is 1. The van der Waals surface area contributed by atoms with Crippen LogP contribution < -0.4 is 9.80 Å². The van der Waals surface area contributed by atoms with Crippen LogP contribution in [0.1, 0.15) is 149 Å². The third kappa shape index (κ3) is 12.1. The zero-order chi connectivity index (χ0) is 50.7. The summed E-state index contributed by atoms with van der Waals surface area (Å²) in [4.78, 5) is 42.6. The number of aryl methyl sites for hydroxylation is 2.